The number of hydroxylamine groups is 1. The number of benzene rings is 1. The van der Waals surface area contributed by atoms with E-state index in [-0.39, 0.29) is 0 Å². The number of nitrogens with zero attached hydrogens (tertiary/aromatic N) is 1. The van der Waals surface area contributed by atoms with Crippen molar-refractivity contribution in [3.63, 3.8) is 0 Å². The van der Waals surface area contributed by atoms with Gasteiger partial charge < -0.3 is 9.82 Å². The molecule has 1 aromatic carbocycles. The molecule has 1 aliphatic heterocycles. The van der Waals surface area contributed by atoms with Gasteiger partial charge in [0.2, 0.25) is 0 Å². The fourth-order valence-corrected chi connectivity index (χ4v) is 1.82. The van der Waals surface area contributed by atoms with Crippen molar-refractivity contribution in [2.75, 3.05) is 0 Å². The van der Waals surface area contributed by atoms with Crippen LogP contribution in [0.3, 0.4) is 0 Å². The van der Waals surface area contributed by atoms with Crippen LogP contribution >= 0.6 is 0 Å². The van der Waals surface area contributed by atoms with E-state index in [9.17, 15) is 0 Å². The van der Waals surface area contributed by atoms with Crippen LogP contribution < -0.4 is 10.3 Å². The number of para-hydroxylation sites is 1. The number of fused-ring (bicyclic) bond motifs is 2. The van der Waals surface area contributed by atoms with Gasteiger partial charge in [-0.1, -0.05) is 18.2 Å². The molecule has 1 aliphatic rings. The van der Waals surface area contributed by atoms with Crippen LogP contribution in [0, 0.1) is 0 Å². The first kappa shape index (κ1) is 11.3. The number of pyridine rings is 1. The number of hydrogen-bond donors (Lipinski definition) is 2. The molecular formula is C15H13N3O. The lowest BCUT2D eigenvalue weighted by Crippen LogP contribution is -2.13. The van der Waals surface area contributed by atoms with Crippen LogP contribution in [0.4, 0.5) is 0 Å². The first-order chi connectivity index (χ1) is 9.43. The topological polar surface area (TPSA) is 49.9 Å². The monoisotopic (exact) mass is 251 g/mol. The fourth-order valence-electron chi connectivity index (χ4n) is 1.82. The largest absolute Gasteiger partial charge is 0.382 e. The van der Waals surface area contributed by atoms with E-state index in [1.165, 1.54) is 0 Å². The maximum absolute atomic E-state index is 5.09. The van der Waals surface area contributed by atoms with Crippen molar-refractivity contribution in [3.05, 3.63) is 66.6 Å². The summed E-state index contributed by atoms with van der Waals surface area (Å²) >= 11 is 0. The molecule has 4 nitrogen and oxygen atoms in total. The van der Waals surface area contributed by atoms with Gasteiger partial charge in [0.15, 0.2) is 5.75 Å². The normalized spacial score (nSPS) is 11.8. The zero-order valence-electron chi connectivity index (χ0n) is 10.2. The molecule has 0 unspecified atom stereocenters. The Bertz CT molecular complexity index is 673. The molecule has 0 fully saturated rings. The van der Waals surface area contributed by atoms with Gasteiger partial charge in [-0.3, -0.25) is 4.98 Å². The molecule has 0 spiro atoms. The summed E-state index contributed by atoms with van der Waals surface area (Å²) in [5.74, 6) is 0.880. The Morgan fingerprint density at radius 1 is 1.00 bits per heavy atom. The third kappa shape index (κ3) is 2.57. The summed E-state index contributed by atoms with van der Waals surface area (Å²) in [6, 6.07) is 13.7. The minimum Gasteiger partial charge on any atom is -0.382 e. The van der Waals surface area contributed by atoms with Crippen molar-refractivity contribution >= 4 is 17.1 Å². The first-order valence-corrected chi connectivity index (χ1v) is 5.99. The molecule has 2 aromatic heterocycles. The van der Waals surface area contributed by atoms with Crippen molar-refractivity contribution in [2.24, 2.45) is 0 Å². The smallest absolute Gasteiger partial charge is 0.162 e. The van der Waals surface area contributed by atoms with Gasteiger partial charge in [0.1, 0.15) is 0 Å². The summed E-state index contributed by atoms with van der Waals surface area (Å²) in [4.78, 5) is 12.3. The standard InChI is InChI=1S/C8H7NO.C7H6N2/c1-2-4-8-7(3-1)5-6-9-10-8;1-2-6-7(8-4-1)3-5-9-6/h1-6,9H;1-5,9H. The van der Waals surface area contributed by atoms with Crippen LogP contribution in [0.5, 0.6) is 5.75 Å². The van der Waals surface area contributed by atoms with E-state index in [2.05, 4.69) is 15.4 Å². The number of aromatic nitrogens is 2. The molecular weight excluding hydrogens is 238 g/mol. The lowest BCUT2D eigenvalue weighted by Gasteiger charge is -2.11. The molecule has 0 aliphatic carbocycles. The molecule has 94 valence electrons. The Hall–Kier alpha value is -2.75. The zero-order chi connectivity index (χ0) is 12.9. The third-order valence-electron chi connectivity index (χ3n) is 2.74. The highest BCUT2D eigenvalue weighted by Gasteiger charge is 2.01. The molecule has 0 saturated carbocycles. The summed E-state index contributed by atoms with van der Waals surface area (Å²) in [5, 5.41) is 0. The van der Waals surface area contributed by atoms with E-state index in [1.54, 1.807) is 12.4 Å². The van der Waals surface area contributed by atoms with Crippen LogP contribution in [0.1, 0.15) is 5.56 Å². The highest BCUT2D eigenvalue weighted by atomic mass is 16.6. The summed E-state index contributed by atoms with van der Waals surface area (Å²) in [7, 11) is 0. The molecule has 0 bridgehead atoms. The number of H-pyrrole nitrogens is 1. The second kappa shape index (κ2) is 5.27. The maximum atomic E-state index is 5.09. The van der Waals surface area contributed by atoms with Gasteiger partial charge in [-0.05, 0) is 30.3 Å². The van der Waals surface area contributed by atoms with E-state index in [0.29, 0.717) is 0 Å². The molecule has 0 amide bonds. The Morgan fingerprint density at radius 2 is 1.95 bits per heavy atom. The first-order valence-electron chi connectivity index (χ1n) is 5.99. The van der Waals surface area contributed by atoms with E-state index >= 15 is 0 Å². The number of nitrogens with one attached hydrogen (secondary N) is 2. The minimum absolute atomic E-state index is 0.880. The average molecular weight is 251 g/mol. The number of hydrogen-bond acceptors (Lipinski definition) is 3. The fraction of sp³-hybridized carbons (Fsp3) is 0. The molecule has 0 atom stereocenters. The van der Waals surface area contributed by atoms with E-state index in [1.807, 2.05) is 54.7 Å². The van der Waals surface area contributed by atoms with Crippen LogP contribution in [0.15, 0.2) is 61.1 Å². The predicted octanol–water partition coefficient (Wildman–Crippen LogP) is 3.12. The van der Waals surface area contributed by atoms with E-state index in [0.717, 1.165) is 22.3 Å². The highest BCUT2D eigenvalue weighted by Crippen LogP contribution is 2.20. The molecule has 4 heteroatoms. The van der Waals surface area contributed by atoms with Crippen molar-refractivity contribution < 1.29 is 4.84 Å². The second-order valence-corrected chi connectivity index (χ2v) is 4.00. The maximum Gasteiger partial charge on any atom is 0.162 e. The molecule has 3 heterocycles. The van der Waals surface area contributed by atoms with Gasteiger partial charge in [0.25, 0.3) is 0 Å². The Kier molecular flexibility index (Phi) is 3.14. The van der Waals surface area contributed by atoms with Crippen molar-refractivity contribution in [3.8, 4) is 5.75 Å². The summed E-state index contributed by atoms with van der Waals surface area (Å²) in [6.07, 6.45) is 7.41. The molecule has 19 heavy (non-hydrogen) atoms. The Balaban J connectivity index is 0.000000117. The van der Waals surface area contributed by atoms with Crippen molar-refractivity contribution in [1.82, 2.24) is 15.4 Å². The summed E-state index contributed by atoms with van der Waals surface area (Å²) in [6.45, 7) is 0. The van der Waals surface area contributed by atoms with Crippen molar-refractivity contribution in [2.45, 2.75) is 0 Å². The van der Waals surface area contributed by atoms with Gasteiger partial charge in [-0.15, -0.1) is 0 Å². The SMILES string of the molecule is C1=Cc2ccccc2ON1.c1cnc2cc[nH]c2c1. The molecule has 0 radical (unpaired) electrons. The van der Waals surface area contributed by atoms with Gasteiger partial charge in [-0.25, -0.2) is 5.48 Å². The molecule has 3 aromatic rings. The molecule has 4 rings (SSSR count). The Labute approximate surface area is 110 Å². The van der Waals surface area contributed by atoms with Gasteiger partial charge in [0, 0.05) is 24.2 Å². The van der Waals surface area contributed by atoms with Crippen LogP contribution in [-0.4, -0.2) is 9.97 Å². The van der Waals surface area contributed by atoms with E-state index in [4.69, 9.17) is 4.84 Å². The summed E-state index contributed by atoms with van der Waals surface area (Å²) in [5.41, 5.74) is 5.89. The average Bonchev–Trinajstić information content (AvgIpc) is 2.96. The predicted molar refractivity (Wildman–Crippen MR) is 75.3 cm³/mol. The Morgan fingerprint density at radius 3 is 2.84 bits per heavy atom. The van der Waals surface area contributed by atoms with Gasteiger partial charge in [0.05, 0.1) is 11.0 Å². The van der Waals surface area contributed by atoms with Gasteiger partial charge in [-0.2, -0.15) is 0 Å². The van der Waals surface area contributed by atoms with Gasteiger partial charge >= 0.3 is 0 Å². The van der Waals surface area contributed by atoms with Crippen LogP contribution in [0.2, 0.25) is 0 Å². The summed E-state index contributed by atoms with van der Waals surface area (Å²) < 4.78 is 0. The quantitative estimate of drug-likeness (QED) is 0.645. The number of aromatic amines is 1. The van der Waals surface area contributed by atoms with Crippen molar-refractivity contribution in [1.29, 1.82) is 0 Å². The molecule has 0 saturated heterocycles. The van der Waals surface area contributed by atoms with Crippen LogP contribution in [-0.2, 0) is 0 Å². The second-order valence-electron chi connectivity index (χ2n) is 4.00. The van der Waals surface area contributed by atoms with E-state index < -0.39 is 0 Å². The minimum atomic E-state index is 0.880. The van der Waals surface area contributed by atoms with Crippen LogP contribution in [0.25, 0.3) is 17.1 Å². The lowest BCUT2D eigenvalue weighted by atomic mass is 10.2. The lowest BCUT2D eigenvalue weighted by molar-refractivity contribution is 0.239. The zero-order valence-corrected chi connectivity index (χ0v) is 10.2. The third-order valence-corrected chi connectivity index (χ3v) is 2.74. The number of rotatable bonds is 0. The highest BCUT2D eigenvalue weighted by molar-refractivity contribution is 5.73. The molecule has 2 N–H and O–H groups in total.